The quantitative estimate of drug-likeness (QED) is 0.513. The molecule has 4 rings (SSSR count). The Morgan fingerprint density at radius 2 is 2.09 bits per heavy atom. The van der Waals surface area contributed by atoms with Gasteiger partial charge in [-0.05, 0) is 49.6 Å². The molecule has 0 aliphatic carbocycles. The summed E-state index contributed by atoms with van der Waals surface area (Å²) in [5.41, 5.74) is 5.32. The molecule has 2 N–H and O–H groups in total. The minimum absolute atomic E-state index is 0.0203. The maximum absolute atomic E-state index is 14.8. The van der Waals surface area contributed by atoms with E-state index in [9.17, 15) is 13.2 Å². The van der Waals surface area contributed by atoms with Gasteiger partial charge in [0, 0.05) is 24.4 Å². The molecule has 0 radical (unpaired) electrons. The predicted octanol–water partition coefficient (Wildman–Crippen LogP) is 4.22. The van der Waals surface area contributed by atoms with E-state index in [0.29, 0.717) is 17.2 Å². The summed E-state index contributed by atoms with van der Waals surface area (Å²) in [7, 11) is 1.72. The molecule has 0 saturated carbocycles. The molecule has 34 heavy (non-hydrogen) atoms. The fourth-order valence-electron chi connectivity index (χ4n) is 3.24. The zero-order chi connectivity index (χ0) is 24.5. The first-order chi connectivity index (χ1) is 16.1. The standard InChI is InChI=1S/C22H21F3N6O2S/c1-12-4-14(30-33-12)10-32-19-9-27-18(8-28-19)16(23)6-13-5-15(20(25)17(24)7-13)22(2)11-34-31(3)21(26)29-22/h4-9H,10-11H2,1-3H3,(H2,26,29)/b16-6-/t22-/m0/s1. The van der Waals surface area contributed by atoms with E-state index in [0.717, 1.165) is 12.1 Å². The van der Waals surface area contributed by atoms with Gasteiger partial charge in [-0.2, -0.15) is 0 Å². The average Bonchev–Trinajstić information content (AvgIpc) is 3.23. The predicted molar refractivity (Wildman–Crippen MR) is 122 cm³/mol. The van der Waals surface area contributed by atoms with Crippen LogP contribution in [0.25, 0.3) is 11.9 Å². The van der Waals surface area contributed by atoms with Crippen LogP contribution >= 0.6 is 11.9 Å². The molecule has 178 valence electrons. The Balaban J connectivity index is 1.55. The fraction of sp³-hybridized carbons (Fsp3) is 0.273. The largest absolute Gasteiger partial charge is 0.470 e. The number of ether oxygens (including phenoxy) is 1. The number of benzene rings is 1. The zero-order valence-corrected chi connectivity index (χ0v) is 19.4. The van der Waals surface area contributed by atoms with Crippen molar-refractivity contribution in [3.63, 3.8) is 0 Å². The van der Waals surface area contributed by atoms with E-state index in [1.165, 1.54) is 30.4 Å². The average molecular weight is 491 g/mol. The van der Waals surface area contributed by atoms with Gasteiger partial charge in [0.15, 0.2) is 17.5 Å². The van der Waals surface area contributed by atoms with Crippen LogP contribution in [-0.2, 0) is 12.1 Å². The van der Waals surface area contributed by atoms with Gasteiger partial charge >= 0.3 is 0 Å². The Bertz CT molecular complexity index is 1260. The van der Waals surface area contributed by atoms with Gasteiger partial charge in [-0.3, -0.25) is 4.31 Å². The van der Waals surface area contributed by atoms with Crippen molar-refractivity contribution >= 4 is 29.8 Å². The first-order valence-electron chi connectivity index (χ1n) is 10.1. The number of halogens is 3. The van der Waals surface area contributed by atoms with E-state index >= 15 is 0 Å². The third-order valence-corrected chi connectivity index (χ3v) is 6.33. The van der Waals surface area contributed by atoms with Crippen molar-refractivity contribution in [2.45, 2.75) is 26.0 Å². The molecule has 0 fully saturated rings. The number of rotatable bonds is 6. The summed E-state index contributed by atoms with van der Waals surface area (Å²) in [5.74, 6) is -1.63. The van der Waals surface area contributed by atoms with Gasteiger partial charge < -0.3 is 15.0 Å². The first kappa shape index (κ1) is 23.6. The zero-order valence-electron chi connectivity index (χ0n) is 18.6. The lowest BCUT2D eigenvalue weighted by Crippen LogP contribution is -2.40. The molecule has 12 heteroatoms. The van der Waals surface area contributed by atoms with Gasteiger partial charge in [0.25, 0.3) is 0 Å². The first-order valence-corrected chi connectivity index (χ1v) is 11.0. The van der Waals surface area contributed by atoms with Crippen LogP contribution in [0.15, 0.2) is 40.1 Å². The van der Waals surface area contributed by atoms with Gasteiger partial charge in [-0.15, -0.1) is 0 Å². The van der Waals surface area contributed by atoms with Crippen molar-refractivity contribution in [2.75, 3.05) is 12.8 Å². The molecule has 3 aromatic rings. The minimum Gasteiger partial charge on any atom is -0.470 e. The van der Waals surface area contributed by atoms with Gasteiger partial charge in [0.1, 0.15) is 29.3 Å². The molecule has 2 aromatic heterocycles. The number of nitrogens with two attached hydrogens (primary N) is 1. The van der Waals surface area contributed by atoms with Crippen LogP contribution in [0.4, 0.5) is 13.2 Å². The third kappa shape index (κ3) is 5.01. The highest BCUT2D eigenvalue weighted by molar-refractivity contribution is 7.97. The molecule has 0 saturated heterocycles. The summed E-state index contributed by atoms with van der Waals surface area (Å²) in [6.07, 6.45) is 3.48. The van der Waals surface area contributed by atoms with Crippen LogP contribution in [0.5, 0.6) is 5.88 Å². The van der Waals surface area contributed by atoms with Gasteiger partial charge in [0.05, 0.1) is 12.4 Å². The molecule has 1 aliphatic heterocycles. The van der Waals surface area contributed by atoms with Gasteiger partial charge in [-0.25, -0.2) is 28.1 Å². The van der Waals surface area contributed by atoms with Crippen molar-refractivity contribution in [3.8, 4) is 5.88 Å². The van der Waals surface area contributed by atoms with Crippen LogP contribution in [0.3, 0.4) is 0 Å². The SMILES string of the molecule is Cc1cc(COc2cnc(/C(F)=C/c3cc(F)c(F)c([C@]4(C)CSN(C)C(N)=N4)c3)cn2)no1. The number of aryl methyl sites for hydroxylation is 1. The molecule has 0 amide bonds. The lowest BCUT2D eigenvalue weighted by molar-refractivity contribution is 0.276. The minimum atomic E-state index is -1.12. The van der Waals surface area contributed by atoms with Gasteiger partial charge in [0.2, 0.25) is 11.8 Å². The number of aromatic nitrogens is 3. The van der Waals surface area contributed by atoms with Gasteiger partial charge in [-0.1, -0.05) is 5.16 Å². The molecule has 1 aliphatic rings. The topological polar surface area (TPSA) is 103 Å². The monoisotopic (exact) mass is 490 g/mol. The molecule has 1 atom stereocenters. The van der Waals surface area contributed by atoms with Crippen LogP contribution in [0.2, 0.25) is 0 Å². The van der Waals surface area contributed by atoms with E-state index in [-0.39, 0.29) is 35.3 Å². The Morgan fingerprint density at radius 3 is 2.74 bits per heavy atom. The van der Waals surface area contributed by atoms with E-state index < -0.39 is 23.0 Å². The smallest absolute Gasteiger partial charge is 0.232 e. The molecular formula is C22H21F3N6O2S. The van der Waals surface area contributed by atoms with Crippen LogP contribution in [0, 0.1) is 18.6 Å². The van der Waals surface area contributed by atoms with Crippen LogP contribution < -0.4 is 10.5 Å². The molecule has 0 bridgehead atoms. The second kappa shape index (κ2) is 9.37. The van der Waals surface area contributed by atoms with Crippen molar-refractivity contribution in [3.05, 3.63) is 70.5 Å². The molecule has 8 nitrogen and oxygen atoms in total. The highest BCUT2D eigenvalue weighted by Gasteiger charge is 2.35. The maximum Gasteiger partial charge on any atom is 0.232 e. The van der Waals surface area contributed by atoms with Crippen molar-refractivity contribution in [1.82, 2.24) is 19.4 Å². The third-order valence-electron chi connectivity index (χ3n) is 5.06. The van der Waals surface area contributed by atoms with Crippen molar-refractivity contribution < 1.29 is 22.4 Å². The highest BCUT2D eigenvalue weighted by atomic mass is 32.2. The van der Waals surface area contributed by atoms with E-state index in [1.54, 1.807) is 31.3 Å². The number of hydrogen-bond acceptors (Lipinski definition) is 9. The molecule has 1 aromatic carbocycles. The lowest BCUT2D eigenvalue weighted by atomic mass is 9.92. The Morgan fingerprint density at radius 1 is 1.29 bits per heavy atom. The number of guanidine groups is 1. The molecule has 3 heterocycles. The van der Waals surface area contributed by atoms with E-state index in [2.05, 4.69) is 20.1 Å². The fourth-order valence-corrected chi connectivity index (χ4v) is 4.07. The Kier molecular flexibility index (Phi) is 6.51. The van der Waals surface area contributed by atoms with Crippen molar-refractivity contribution in [2.24, 2.45) is 10.7 Å². The highest BCUT2D eigenvalue weighted by Crippen LogP contribution is 2.37. The van der Waals surface area contributed by atoms with Crippen LogP contribution in [0.1, 0.15) is 35.2 Å². The second-order valence-corrected chi connectivity index (χ2v) is 8.92. The summed E-state index contributed by atoms with van der Waals surface area (Å²) < 4.78 is 55.9. The Hall–Kier alpha value is -3.54. The maximum atomic E-state index is 14.8. The normalized spacial score (nSPS) is 18.7. The second-order valence-electron chi connectivity index (χ2n) is 7.83. The Labute approximate surface area is 197 Å². The summed E-state index contributed by atoms with van der Waals surface area (Å²) in [6, 6.07) is 3.97. The summed E-state index contributed by atoms with van der Waals surface area (Å²) in [6.45, 7) is 3.51. The van der Waals surface area contributed by atoms with Crippen LogP contribution in [-0.4, -0.2) is 38.2 Å². The van der Waals surface area contributed by atoms with E-state index in [1.807, 2.05) is 0 Å². The molecule has 0 spiro atoms. The van der Waals surface area contributed by atoms with E-state index in [4.69, 9.17) is 15.0 Å². The molecule has 0 unspecified atom stereocenters. The lowest BCUT2D eigenvalue weighted by Gasteiger charge is -2.34. The molecular weight excluding hydrogens is 469 g/mol. The van der Waals surface area contributed by atoms with Crippen molar-refractivity contribution in [1.29, 1.82) is 0 Å². The number of nitrogens with zero attached hydrogens (tertiary/aromatic N) is 5. The number of hydrogen-bond donors (Lipinski definition) is 1. The summed E-state index contributed by atoms with van der Waals surface area (Å²) >= 11 is 1.32. The summed E-state index contributed by atoms with van der Waals surface area (Å²) in [4.78, 5) is 12.3. The summed E-state index contributed by atoms with van der Waals surface area (Å²) in [5, 5.41) is 3.80. The number of aliphatic imine (C=N–C) groups is 1.